The maximum Gasteiger partial charge on any atom is 0.337 e. The van der Waals surface area contributed by atoms with Crippen LogP contribution in [0.15, 0.2) is 30.3 Å². The second-order valence-electron chi connectivity index (χ2n) is 8.85. The number of benzene rings is 1. The number of ether oxygens (including phenoxy) is 1. The first-order valence-electron chi connectivity index (χ1n) is 11.1. The van der Waals surface area contributed by atoms with E-state index >= 15 is 0 Å². The topological polar surface area (TPSA) is 65.0 Å². The Hall–Kier alpha value is -1.43. The van der Waals surface area contributed by atoms with Gasteiger partial charge in [-0.1, -0.05) is 75.3 Å². The molecule has 5 nitrogen and oxygen atoms in total. The number of rotatable bonds is 13. The van der Waals surface area contributed by atoms with E-state index in [1.165, 1.54) is 64.0 Å². The van der Waals surface area contributed by atoms with Crippen LogP contribution >= 0.6 is 0 Å². The lowest BCUT2D eigenvalue weighted by atomic mass is 9.83. The van der Waals surface area contributed by atoms with E-state index in [-0.39, 0.29) is 0 Å². The molecule has 0 amide bonds. The van der Waals surface area contributed by atoms with Gasteiger partial charge >= 0.3 is 5.97 Å². The Bertz CT molecular complexity index is 605. The van der Waals surface area contributed by atoms with Gasteiger partial charge in [-0.25, -0.2) is 14.6 Å². The van der Waals surface area contributed by atoms with Crippen molar-refractivity contribution in [1.82, 2.24) is 0 Å². The van der Waals surface area contributed by atoms with Crippen molar-refractivity contribution in [3.63, 3.8) is 0 Å². The Balaban J connectivity index is 1.50. The maximum atomic E-state index is 11.6. The minimum absolute atomic E-state index is 0.470. The molecule has 0 saturated carbocycles. The van der Waals surface area contributed by atoms with Gasteiger partial charge in [-0.15, -0.1) is 0 Å². The van der Waals surface area contributed by atoms with Crippen molar-refractivity contribution in [3.05, 3.63) is 35.9 Å². The molecule has 0 radical (unpaired) electrons. The van der Waals surface area contributed by atoms with Crippen LogP contribution in [0.2, 0.25) is 0 Å². The normalized spacial score (nSPS) is 25.1. The molecule has 5 heteroatoms. The molecule has 2 rings (SSSR count). The highest BCUT2D eigenvalue weighted by Gasteiger charge is 2.52. The molecule has 164 valence electrons. The number of aryl methyl sites for hydroxylation is 1. The Labute approximate surface area is 175 Å². The summed E-state index contributed by atoms with van der Waals surface area (Å²) in [4.78, 5) is 22.5. The number of esters is 1. The molecule has 1 aliphatic rings. The van der Waals surface area contributed by atoms with Crippen LogP contribution in [0.3, 0.4) is 0 Å². The highest BCUT2D eigenvalue weighted by Crippen LogP contribution is 2.41. The molecule has 29 heavy (non-hydrogen) atoms. The number of aliphatic hydroxyl groups is 1. The third-order valence-electron chi connectivity index (χ3n) is 5.92. The van der Waals surface area contributed by atoms with Crippen LogP contribution in [-0.4, -0.2) is 35.5 Å². The summed E-state index contributed by atoms with van der Waals surface area (Å²) in [7, 11) is 1.26. The molecule has 0 spiro atoms. The van der Waals surface area contributed by atoms with Gasteiger partial charge in [0.15, 0.2) is 6.10 Å². The first-order valence-corrected chi connectivity index (χ1v) is 11.1. The van der Waals surface area contributed by atoms with E-state index in [0.29, 0.717) is 6.42 Å². The Morgan fingerprint density at radius 2 is 1.59 bits per heavy atom. The van der Waals surface area contributed by atoms with Crippen LogP contribution in [0, 0.1) is 0 Å². The van der Waals surface area contributed by atoms with E-state index in [1.54, 1.807) is 6.92 Å². The number of hydrogen-bond acceptors (Lipinski definition) is 5. The van der Waals surface area contributed by atoms with Gasteiger partial charge in [0.1, 0.15) is 11.2 Å². The van der Waals surface area contributed by atoms with Crippen LogP contribution < -0.4 is 0 Å². The average molecular weight is 407 g/mol. The lowest BCUT2D eigenvalue weighted by molar-refractivity contribution is -0.355. The molecule has 0 aromatic heterocycles. The van der Waals surface area contributed by atoms with Crippen molar-refractivity contribution in [2.75, 3.05) is 7.11 Å². The molecule has 1 fully saturated rings. The summed E-state index contributed by atoms with van der Waals surface area (Å²) < 4.78 is 4.62. The molecule has 1 aromatic rings. The van der Waals surface area contributed by atoms with Gasteiger partial charge in [-0.05, 0) is 38.7 Å². The van der Waals surface area contributed by atoms with E-state index in [0.717, 1.165) is 12.8 Å². The second-order valence-corrected chi connectivity index (χ2v) is 8.85. The summed E-state index contributed by atoms with van der Waals surface area (Å²) in [5.74, 6) is -0.691. The van der Waals surface area contributed by atoms with Crippen LogP contribution in [-0.2, 0) is 25.7 Å². The van der Waals surface area contributed by atoms with Gasteiger partial charge in [0, 0.05) is 6.42 Å². The van der Waals surface area contributed by atoms with Crippen LogP contribution in [0.4, 0.5) is 0 Å². The number of carbonyl (C=O) groups excluding carboxylic acids is 1. The monoisotopic (exact) mass is 406 g/mol. The third kappa shape index (κ3) is 7.72. The zero-order chi connectivity index (χ0) is 21.2. The van der Waals surface area contributed by atoms with Crippen LogP contribution in [0.5, 0.6) is 0 Å². The van der Waals surface area contributed by atoms with Gasteiger partial charge in [0.25, 0.3) is 0 Å². The molecule has 1 unspecified atom stereocenters. The van der Waals surface area contributed by atoms with Crippen molar-refractivity contribution >= 4 is 5.97 Å². The largest absolute Gasteiger partial charge is 0.467 e. The molecule has 1 aromatic carbocycles. The van der Waals surface area contributed by atoms with E-state index in [9.17, 15) is 9.90 Å². The number of hydrogen-bond donors (Lipinski definition) is 1. The van der Waals surface area contributed by atoms with Crippen LogP contribution in [0.1, 0.15) is 83.6 Å². The second kappa shape index (κ2) is 11.7. The Morgan fingerprint density at radius 3 is 2.21 bits per heavy atom. The Kier molecular flexibility index (Phi) is 9.60. The minimum atomic E-state index is -1.34. The fraction of sp³-hybridized carbons (Fsp3) is 0.708. The fourth-order valence-corrected chi connectivity index (χ4v) is 4.16. The third-order valence-corrected chi connectivity index (χ3v) is 5.92. The Morgan fingerprint density at radius 1 is 1.00 bits per heavy atom. The van der Waals surface area contributed by atoms with Gasteiger partial charge in [0.2, 0.25) is 0 Å². The minimum Gasteiger partial charge on any atom is -0.467 e. The van der Waals surface area contributed by atoms with Crippen molar-refractivity contribution in [1.29, 1.82) is 0 Å². The summed E-state index contributed by atoms with van der Waals surface area (Å²) in [6.45, 7) is 3.67. The first kappa shape index (κ1) is 23.8. The van der Waals surface area contributed by atoms with Gasteiger partial charge in [-0.3, -0.25) is 0 Å². The first-order chi connectivity index (χ1) is 13.9. The zero-order valence-corrected chi connectivity index (χ0v) is 18.3. The number of aliphatic hydroxyl groups excluding tert-OH is 1. The van der Waals surface area contributed by atoms with Crippen molar-refractivity contribution in [2.45, 2.75) is 102 Å². The molecule has 0 bridgehead atoms. The quantitative estimate of drug-likeness (QED) is 0.279. The summed E-state index contributed by atoms with van der Waals surface area (Å²) in [6.07, 6.45) is 11.1. The van der Waals surface area contributed by atoms with Gasteiger partial charge in [-0.2, -0.15) is 0 Å². The molecule has 1 N–H and O–H groups in total. The van der Waals surface area contributed by atoms with E-state index < -0.39 is 23.3 Å². The molecular formula is C24H38O5. The molecular weight excluding hydrogens is 368 g/mol. The van der Waals surface area contributed by atoms with Gasteiger partial charge < -0.3 is 9.84 Å². The van der Waals surface area contributed by atoms with E-state index in [2.05, 4.69) is 35.1 Å². The maximum absolute atomic E-state index is 11.6. The number of methoxy groups -OCH3 is 1. The lowest BCUT2D eigenvalue weighted by Crippen LogP contribution is -2.45. The zero-order valence-electron chi connectivity index (χ0n) is 18.3. The molecule has 1 saturated heterocycles. The fourth-order valence-electron chi connectivity index (χ4n) is 4.16. The summed E-state index contributed by atoms with van der Waals surface area (Å²) in [5.41, 5.74) is -0.0858. The molecule has 1 heterocycles. The van der Waals surface area contributed by atoms with E-state index in [4.69, 9.17) is 9.78 Å². The highest BCUT2D eigenvalue weighted by atomic mass is 17.2. The summed E-state index contributed by atoms with van der Waals surface area (Å²) in [5, 5.41) is 10.1. The van der Waals surface area contributed by atoms with Crippen molar-refractivity contribution in [3.8, 4) is 0 Å². The van der Waals surface area contributed by atoms with Gasteiger partial charge in [0.05, 0.1) is 7.11 Å². The summed E-state index contributed by atoms with van der Waals surface area (Å²) in [6, 6.07) is 10.7. The average Bonchev–Trinajstić information content (AvgIpc) is 3.05. The molecule has 1 aliphatic heterocycles. The number of carbonyl (C=O) groups is 1. The SMILES string of the molecule is COC(=O)[C@H](O)[C@@]1(C)CC(C)(CCCCCCCCCCc2ccccc2)OO1. The van der Waals surface area contributed by atoms with Crippen LogP contribution in [0.25, 0.3) is 0 Å². The predicted octanol–water partition coefficient (Wildman–Crippen LogP) is 5.14. The highest BCUT2D eigenvalue weighted by molar-refractivity contribution is 5.75. The predicted molar refractivity (Wildman–Crippen MR) is 113 cm³/mol. The summed E-state index contributed by atoms with van der Waals surface area (Å²) >= 11 is 0. The molecule has 3 atom stereocenters. The standard InChI is InChI=1S/C24H38O5/c1-23(19-24(2,29-28-23)21(25)22(26)27-3)18-14-9-7-5-4-6-8-11-15-20-16-12-10-13-17-20/h10,12-13,16-17,21,25H,4-9,11,14-15,18-19H2,1-3H3/t21-,23?,24+/m0/s1. The van der Waals surface area contributed by atoms with E-state index in [1.807, 2.05) is 6.92 Å². The number of unbranched alkanes of at least 4 members (excludes halogenated alkanes) is 7. The smallest absolute Gasteiger partial charge is 0.337 e. The molecule has 0 aliphatic carbocycles. The van der Waals surface area contributed by atoms with Crippen molar-refractivity contribution in [2.24, 2.45) is 0 Å². The lowest BCUT2D eigenvalue weighted by Gasteiger charge is -2.25. The van der Waals surface area contributed by atoms with Crippen molar-refractivity contribution < 1.29 is 24.4 Å².